The topological polar surface area (TPSA) is 15.3 Å². The van der Waals surface area contributed by atoms with E-state index in [2.05, 4.69) is 30.3 Å². The van der Waals surface area contributed by atoms with Gasteiger partial charge in [-0.3, -0.25) is 4.90 Å². The van der Waals surface area contributed by atoms with Gasteiger partial charge in [0.25, 0.3) is 0 Å². The lowest BCUT2D eigenvalue weighted by Crippen LogP contribution is -2.55. The highest BCUT2D eigenvalue weighted by molar-refractivity contribution is 7.98. The molecule has 0 aliphatic carbocycles. The van der Waals surface area contributed by atoms with Crippen LogP contribution in [0.1, 0.15) is 33.1 Å². The predicted molar refractivity (Wildman–Crippen MR) is 70.7 cm³/mol. The Hall–Kier alpha value is 0.270. The number of hydrogen-bond donors (Lipinski definition) is 1. The van der Waals surface area contributed by atoms with E-state index in [1.807, 2.05) is 11.8 Å². The molecule has 0 aromatic carbocycles. The van der Waals surface area contributed by atoms with Crippen LogP contribution in [0.3, 0.4) is 0 Å². The van der Waals surface area contributed by atoms with Crippen molar-refractivity contribution in [3.63, 3.8) is 0 Å². The van der Waals surface area contributed by atoms with Crippen molar-refractivity contribution in [1.82, 2.24) is 10.2 Å². The lowest BCUT2D eigenvalue weighted by molar-refractivity contribution is 0.137. The minimum Gasteiger partial charge on any atom is -0.311 e. The molecule has 0 saturated carbocycles. The molecule has 2 unspecified atom stereocenters. The van der Waals surface area contributed by atoms with Crippen molar-refractivity contribution in [3.8, 4) is 0 Å². The summed E-state index contributed by atoms with van der Waals surface area (Å²) >= 11 is 1.96. The Kier molecular flexibility index (Phi) is 6.69. The summed E-state index contributed by atoms with van der Waals surface area (Å²) in [6.45, 7) is 8.32. The van der Waals surface area contributed by atoms with Crippen molar-refractivity contribution >= 4 is 11.8 Å². The molecule has 1 heterocycles. The van der Waals surface area contributed by atoms with Crippen LogP contribution in [-0.2, 0) is 0 Å². The normalized spacial score (nSPS) is 28.2. The second-order valence-electron chi connectivity index (χ2n) is 4.58. The highest BCUT2D eigenvalue weighted by Gasteiger charge is 2.23. The van der Waals surface area contributed by atoms with Gasteiger partial charge in [-0.2, -0.15) is 11.8 Å². The molecule has 0 spiro atoms. The monoisotopic (exact) mass is 230 g/mol. The summed E-state index contributed by atoms with van der Waals surface area (Å²) in [5.41, 5.74) is 0. The van der Waals surface area contributed by atoms with Crippen LogP contribution in [0.4, 0.5) is 0 Å². The van der Waals surface area contributed by atoms with E-state index in [1.165, 1.54) is 44.6 Å². The maximum Gasteiger partial charge on any atom is 0.0195 e. The molecule has 2 nitrogen and oxygen atoms in total. The first-order chi connectivity index (χ1) is 7.27. The molecular formula is C12H26N2S. The van der Waals surface area contributed by atoms with Crippen molar-refractivity contribution in [2.24, 2.45) is 0 Å². The Morgan fingerprint density at radius 2 is 2.27 bits per heavy atom. The summed E-state index contributed by atoms with van der Waals surface area (Å²) in [6, 6.07) is 1.46. The molecule has 0 bridgehead atoms. The Morgan fingerprint density at radius 3 is 2.93 bits per heavy atom. The molecular weight excluding hydrogens is 204 g/mol. The summed E-state index contributed by atoms with van der Waals surface area (Å²) in [7, 11) is 0. The molecule has 1 rings (SSSR count). The molecule has 0 aromatic rings. The average Bonchev–Trinajstić information content (AvgIpc) is 2.23. The number of thioether (sulfide) groups is 1. The highest BCUT2D eigenvalue weighted by atomic mass is 32.2. The van der Waals surface area contributed by atoms with Gasteiger partial charge in [-0.15, -0.1) is 0 Å². The first kappa shape index (κ1) is 13.3. The predicted octanol–water partition coefficient (Wildman–Crippen LogP) is 2.20. The van der Waals surface area contributed by atoms with Crippen molar-refractivity contribution < 1.29 is 0 Å². The first-order valence-electron chi connectivity index (χ1n) is 6.24. The molecule has 15 heavy (non-hydrogen) atoms. The molecule has 1 aliphatic heterocycles. The minimum atomic E-state index is 0.722. The molecule has 0 radical (unpaired) electrons. The maximum atomic E-state index is 3.64. The zero-order valence-corrected chi connectivity index (χ0v) is 11.3. The SMILES string of the molecule is CCCC1CN(CCCSC)C(C)CN1. The molecule has 0 aromatic heterocycles. The largest absolute Gasteiger partial charge is 0.311 e. The van der Waals surface area contributed by atoms with Crippen molar-refractivity contribution in [3.05, 3.63) is 0 Å². The molecule has 90 valence electrons. The van der Waals surface area contributed by atoms with Crippen LogP contribution in [0.15, 0.2) is 0 Å². The Labute approximate surface area is 99.2 Å². The third-order valence-corrected chi connectivity index (χ3v) is 3.91. The number of nitrogens with zero attached hydrogens (tertiary/aromatic N) is 1. The van der Waals surface area contributed by atoms with E-state index in [0.717, 1.165) is 12.1 Å². The number of nitrogens with one attached hydrogen (secondary N) is 1. The third kappa shape index (κ3) is 4.75. The molecule has 0 amide bonds. The molecule has 3 heteroatoms. The average molecular weight is 230 g/mol. The van der Waals surface area contributed by atoms with E-state index >= 15 is 0 Å². The summed E-state index contributed by atoms with van der Waals surface area (Å²) in [6.07, 6.45) is 6.15. The Balaban J connectivity index is 2.26. The van der Waals surface area contributed by atoms with Gasteiger partial charge in [-0.05, 0) is 38.3 Å². The van der Waals surface area contributed by atoms with Crippen LogP contribution in [0, 0.1) is 0 Å². The fourth-order valence-electron chi connectivity index (χ4n) is 2.26. The van der Waals surface area contributed by atoms with Gasteiger partial charge in [0, 0.05) is 25.2 Å². The molecule has 1 fully saturated rings. The lowest BCUT2D eigenvalue weighted by atomic mass is 10.1. The number of rotatable bonds is 6. The smallest absolute Gasteiger partial charge is 0.0195 e. The fourth-order valence-corrected chi connectivity index (χ4v) is 2.68. The third-order valence-electron chi connectivity index (χ3n) is 3.21. The van der Waals surface area contributed by atoms with E-state index in [1.54, 1.807) is 0 Å². The second kappa shape index (κ2) is 7.53. The zero-order valence-electron chi connectivity index (χ0n) is 10.5. The summed E-state index contributed by atoms with van der Waals surface area (Å²) in [5.74, 6) is 1.30. The van der Waals surface area contributed by atoms with Crippen LogP contribution < -0.4 is 5.32 Å². The summed E-state index contributed by atoms with van der Waals surface area (Å²) in [4.78, 5) is 2.66. The van der Waals surface area contributed by atoms with E-state index in [-0.39, 0.29) is 0 Å². The molecule has 1 saturated heterocycles. The van der Waals surface area contributed by atoms with Crippen LogP contribution >= 0.6 is 11.8 Å². The van der Waals surface area contributed by atoms with Gasteiger partial charge in [0.2, 0.25) is 0 Å². The van der Waals surface area contributed by atoms with Crippen LogP contribution in [0.25, 0.3) is 0 Å². The molecule has 1 N–H and O–H groups in total. The number of hydrogen-bond acceptors (Lipinski definition) is 3. The van der Waals surface area contributed by atoms with E-state index in [4.69, 9.17) is 0 Å². The lowest BCUT2D eigenvalue weighted by Gasteiger charge is -2.38. The number of piperazine rings is 1. The highest BCUT2D eigenvalue weighted by Crippen LogP contribution is 2.11. The van der Waals surface area contributed by atoms with Gasteiger partial charge in [0.15, 0.2) is 0 Å². The second-order valence-corrected chi connectivity index (χ2v) is 5.57. The van der Waals surface area contributed by atoms with Crippen LogP contribution in [-0.4, -0.2) is 48.6 Å². The van der Waals surface area contributed by atoms with Gasteiger partial charge in [-0.1, -0.05) is 13.3 Å². The van der Waals surface area contributed by atoms with Crippen LogP contribution in [0.2, 0.25) is 0 Å². The van der Waals surface area contributed by atoms with E-state index in [0.29, 0.717) is 0 Å². The molecule has 2 atom stereocenters. The first-order valence-corrected chi connectivity index (χ1v) is 7.63. The molecule has 1 aliphatic rings. The van der Waals surface area contributed by atoms with Gasteiger partial charge in [0.05, 0.1) is 0 Å². The standard InChI is InChI=1S/C12H26N2S/c1-4-6-12-10-14(7-5-8-15-3)11(2)9-13-12/h11-13H,4-10H2,1-3H3. The van der Waals surface area contributed by atoms with Gasteiger partial charge in [-0.25, -0.2) is 0 Å². The Morgan fingerprint density at radius 1 is 1.47 bits per heavy atom. The van der Waals surface area contributed by atoms with Crippen LogP contribution in [0.5, 0.6) is 0 Å². The van der Waals surface area contributed by atoms with Gasteiger partial charge >= 0.3 is 0 Å². The van der Waals surface area contributed by atoms with Gasteiger partial charge < -0.3 is 5.32 Å². The van der Waals surface area contributed by atoms with Crippen molar-refractivity contribution in [1.29, 1.82) is 0 Å². The summed E-state index contributed by atoms with van der Waals surface area (Å²) in [5, 5.41) is 3.64. The maximum absolute atomic E-state index is 3.64. The van der Waals surface area contributed by atoms with Crippen molar-refractivity contribution in [2.45, 2.75) is 45.2 Å². The Bertz CT molecular complexity index is 164. The quantitative estimate of drug-likeness (QED) is 0.704. The van der Waals surface area contributed by atoms with Crippen molar-refractivity contribution in [2.75, 3.05) is 31.6 Å². The van der Waals surface area contributed by atoms with E-state index in [9.17, 15) is 0 Å². The summed E-state index contributed by atoms with van der Waals surface area (Å²) < 4.78 is 0. The minimum absolute atomic E-state index is 0.722. The fraction of sp³-hybridized carbons (Fsp3) is 1.00. The van der Waals surface area contributed by atoms with Gasteiger partial charge in [0.1, 0.15) is 0 Å². The zero-order chi connectivity index (χ0) is 11.1. The van der Waals surface area contributed by atoms with E-state index < -0.39 is 0 Å².